The van der Waals surface area contributed by atoms with Gasteiger partial charge in [-0.2, -0.15) is 0 Å². The lowest BCUT2D eigenvalue weighted by molar-refractivity contribution is 0.0478. The standard InChI is InChI=1S/C15H20N2O3/c18-15(20-11-13-3-6-16-7-4-13)17-8-5-14(9-17)19-10-12-1-2-12/h3-4,6-7,12,14H,1-2,5,8-11H2. The number of likely N-dealkylation sites (tertiary alicyclic amines) is 1. The molecule has 1 aliphatic heterocycles. The third kappa shape index (κ3) is 3.70. The molecule has 1 aromatic rings. The number of amides is 1. The van der Waals surface area contributed by atoms with Gasteiger partial charge < -0.3 is 14.4 Å². The minimum absolute atomic E-state index is 0.184. The summed E-state index contributed by atoms with van der Waals surface area (Å²) < 4.78 is 11.1. The van der Waals surface area contributed by atoms with Crippen LogP contribution in [0.1, 0.15) is 24.8 Å². The van der Waals surface area contributed by atoms with Gasteiger partial charge in [0.05, 0.1) is 12.6 Å². The topological polar surface area (TPSA) is 51.7 Å². The maximum absolute atomic E-state index is 11.9. The number of rotatable bonds is 5. The van der Waals surface area contributed by atoms with Crippen molar-refractivity contribution in [2.24, 2.45) is 5.92 Å². The Hall–Kier alpha value is -1.62. The highest BCUT2D eigenvalue weighted by atomic mass is 16.6. The lowest BCUT2D eigenvalue weighted by atomic mass is 10.3. The molecule has 1 amide bonds. The highest BCUT2D eigenvalue weighted by Crippen LogP contribution is 2.30. The van der Waals surface area contributed by atoms with Gasteiger partial charge in [-0.05, 0) is 42.9 Å². The molecule has 1 atom stereocenters. The van der Waals surface area contributed by atoms with Crippen molar-refractivity contribution in [2.75, 3.05) is 19.7 Å². The van der Waals surface area contributed by atoms with Gasteiger partial charge in [0.2, 0.25) is 0 Å². The lowest BCUT2D eigenvalue weighted by Crippen LogP contribution is -2.30. The Morgan fingerprint density at radius 3 is 2.85 bits per heavy atom. The van der Waals surface area contributed by atoms with Crippen molar-refractivity contribution in [2.45, 2.75) is 32.0 Å². The van der Waals surface area contributed by atoms with Crippen LogP contribution in [-0.4, -0.2) is 41.8 Å². The summed E-state index contributed by atoms with van der Waals surface area (Å²) in [4.78, 5) is 17.6. The molecule has 3 rings (SSSR count). The van der Waals surface area contributed by atoms with Crippen molar-refractivity contribution in [3.63, 3.8) is 0 Å². The summed E-state index contributed by atoms with van der Waals surface area (Å²) in [5, 5.41) is 0. The van der Waals surface area contributed by atoms with E-state index < -0.39 is 0 Å². The molecule has 0 radical (unpaired) electrons. The SMILES string of the molecule is O=C(OCc1ccncc1)N1CCC(OCC2CC2)C1. The van der Waals surface area contributed by atoms with Gasteiger partial charge in [-0.3, -0.25) is 4.98 Å². The highest BCUT2D eigenvalue weighted by molar-refractivity contribution is 5.68. The zero-order valence-electron chi connectivity index (χ0n) is 11.5. The average molecular weight is 276 g/mol. The maximum Gasteiger partial charge on any atom is 0.410 e. The van der Waals surface area contributed by atoms with Gasteiger partial charge in [-0.15, -0.1) is 0 Å². The van der Waals surface area contributed by atoms with Crippen LogP contribution >= 0.6 is 0 Å². The van der Waals surface area contributed by atoms with E-state index in [1.807, 2.05) is 12.1 Å². The summed E-state index contributed by atoms with van der Waals surface area (Å²) >= 11 is 0. The number of hydrogen-bond acceptors (Lipinski definition) is 4. The van der Waals surface area contributed by atoms with Gasteiger partial charge in [0.25, 0.3) is 0 Å². The van der Waals surface area contributed by atoms with Gasteiger partial charge in [0.1, 0.15) is 6.61 Å². The smallest absolute Gasteiger partial charge is 0.410 e. The van der Waals surface area contributed by atoms with Crippen molar-refractivity contribution in [3.05, 3.63) is 30.1 Å². The maximum atomic E-state index is 11.9. The monoisotopic (exact) mass is 276 g/mol. The van der Waals surface area contributed by atoms with Crippen LogP contribution in [-0.2, 0) is 16.1 Å². The van der Waals surface area contributed by atoms with E-state index in [0.717, 1.165) is 31.1 Å². The van der Waals surface area contributed by atoms with Crippen LogP contribution in [0.15, 0.2) is 24.5 Å². The predicted octanol–water partition coefficient (Wildman–Crippen LogP) is 2.22. The van der Waals surface area contributed by atoms with E-state index in [1.54, 1.807) is 17.3 Å². The Labute approximate surface area is 118 Å². The van der Waals surface area contributed by atoms with Gasteiger partial charge in [-0.25, -0.2) is 4.79 Å². The van der Waals surface area contributed by atoms with Crippen molar-refractivity contribution in [1.82, 2.24) is 9.88 Å². The van der Waals surface area contributed by atoms with E-state index in [0.29, 0.717) is 13.2 Å². The van der Waals surface area contributed by atoms with Crippen LogP contribution in [0.2, 0.25) is 0 Å². The van der Waals surface area contributed by atoms with Crippen molar-refractivity contribution < 1.29 is 14.3 Å². The molecule has 5 nitrogen and oxygen atoms in total. The van der Waals surface area contributed by atoms with E-state index in [4.69, 9.17) is 9.47 Å². The molecule has 0 N–H and O–H groups in total. The second kappa shape index (κ2) is 6.22. The minimum Gasteiger partial charge on any atom is -0.445 e. The molecule has 1 saturated carbocycles. The fourth-order valence-electron chi connectivity index (χ4n) is 2.30. The van der Waals surface area contributed by atoms with E-state index in [1.165, 1.54) is 12.8 Å². The van der Waals surface area contributed by atoms with E-state index in [-0.39, 0.29) is 12.2 Å². The Morgan fingerprint density at radius 1 is 1.30 bits per heavy atom. The van der Waals surface area contributed by atoms with Gasteiger partial charge in [0.15, 0.2) is 0 Å². The first-order valence-electron chi connectivity index (χ1n) is 7.23. The molecule has 1 saturated heterocycles. The van der Waals surface area contributed by atoms with Crippen LogP contribution in [0.5, 0.6) is 0 Å². The summed E-state index contributed by atoms with van der Waals surface area (Å²) in [6.07, 6.45) is 6.83. The molecule has 2 aliphatic rings. The molecular weight excluding hydrogens is 256 g/mol. The molecule has 2 fully saturated rings. The van der Waals surface area contributed by atoms with Gasteiger partial charge in [0, 0.05) is 25.5 Å². The van der Waals surface area contributed by atoms with Crippen molar-refractivity contribution in [3.8, 4) is 0 Å². The Balaban J connectivity index is 1.39. The molecule has 2 heterocycles. The number of nitrogens with zero attached hydrogens (tertiary/aromatic N) is 2. The minimum atomic E-state index is -0.251. The summed E-state index contributed by atoms with van der Waals surface area (Å²) in [5.74, 6) is 0.766. The summed E-state index contributed by atoms with van der Waals surface area (Å²) in [5.41, 5.74) is 0.953. The van der Waals surface area contributed by atoms with Crippen LogP contribution in [0.25, 0.3) is 0 Å². The van der Waals surface area contributed by atoms with Gasteiger partial charge in [-0.1, -0.05) is 0 Å². The largest absolute Gasteiger partial charge is 0.445 e. The zero-order valence-corrected chi connectivity index (χ0v) is 11.5. The average Bonchev–Trinajstić information content (AvgIpc) is 3.20. The Kier molecular flexibility index (Phi) is 4.16. The Bertz CT molecular complexity index is 448. The molecule has 0 bridgehead atoms. The highest BCUT2D eigenvalue weighted by Gasteiger charge is 2.30. The summed E-state index contributed by atoms with van der Waals surface area (Å²) in [7, 11) is 0. The quantitative estimate of drug-likeness (QED) is 0.827. The molecule has 1 unspecified atom stereocenters. The van der Waals surface area contributed by atoms with Crippen LogP contribution in [0.4, 0.5) is 4.79 Å². The van der Waals surface area contributed by atoms with Crippen LogP contribution in [0, 0.1) is 5.92 Å². The second-order valence-corrected chi connectivity index (χ2v) is 5.54. The molecule has 1 aromatic heterocycles. The summed E-state index contributed by atoms with van der Waals surface area (Å²) in [6.45, 7) is 2.53. The number of ether oxygens (including phenoxy) is 2. The molecule has 5 heteroatoms. The fourth-order valence-corrected chi connectivity index (χ4v) is 2.30. The normalized spacial score (nSPS) is 22.0. The number of pyridine rings is 1. The van der Waals surface area contributed by atoms with Crippen LogP contribution in [0.3, 0.4) is 0 Å². The van der Waals surface area contributed by atoms with Crippen molar-refractivity contribution >= 4 is 6.09 Å². The molecule has 0 aromatic carbocycles. The Morgan fingerprint density at radius 2 is 2.10 bits per heavy atom. The molecule has 0 spiro atoms. The lowest BCUT2D eigenvalue weighted by Gasteiger charge is -2.16. The molecular formula is C15H20N2O3. The van der Waals surface area contributed by atoms with Gasteiger partial charge >= 0.3 is 6.09 Å². The van der Waals surface area contributed by atoms with E-state index in [2.05, 4.69) is 4.98 Å². The number of hydrogen-bond donors (Lipinski definition) is 0. The third-order valence-corrected chi connectivity index (χ3v) is 3.78. The fraction of sp³-hybridized carbons (Fsp3) is 0.600. The molecule has 20 heavy (non-hydrogen) atoms. The summed E-state index contributed by atoms with van der Waals surface area (Å²) in [6, 6.07) is 3.69. The number of carbonyl (C=O) groups is 1. The first kappa shape index (κ1) is 13.4. The predicted molar refractivity (Wildman–Crippen MR) is 73.1 cm³/mol. The third-order valence-electron chi connectivity index (χ3n) is 3.78. The van der Waals surface area contributed by atoms with E-state index >= 15 is 0 Å². The first-order chi connectivity index (χ1) is 9.81. The zero-order chi connectivity index (χ0) is 13.8. The van der Waals surface area contributed by atoms with Crippen LogP contribution < -0.4 is 0 Å². The second-order valence-electron chi connectivity index (χ2n) is 5.54. The first-order valence-corrected chi connectivity index (χ1v) is 7.23. The molecule has 108 valence electrons. The molecule has 1 aliphatic carbocycles. The van der Waals surface area contributed by atoms with E-state index in [9.17, 15) is 4.79 Å². The van der Waals surface area contributed by atoms with Crippen molar-refractivity contribution in [1.29, 1.82) is 0 Å². The number of aromatic nitrogens is 1. The number of carbonyl (C=O) groups excluding carboxylic acids is 1.